The topological polar surface area (TPSA) is 107 Å². The van der Waals surface area contributed by atoms with Gasteiger partial charge in [-0.1, -0.05) is 18.2 Å². The minimum atomic E-state index is -4.94. The van der Waals surface area contributed by atoms with E-state index in [1.165, 1.54) is 14.2 Å². The van der Waals surface area contributed by atoms with Gasteiger partial charge >= 0.3 is 17.9 Å². The normalized spacial score (nSPS) is 11.8. The number of nitrogens with one attached hydrogen (secondary N) is 2. The second-order valence-electron chi connectivity index (χ2n) is 9.73. The minimum Gasteiger partial charge on any atom is -0.383 e. The number of likely N-dealkylation sites (N-methyl/N-ethyl adjacent to an activating group) is 1. The van der Waals surface area contributed by atoms with Gasteiger partial charge in [0.2, 0.25) is 0 Å². The molecule has 2 N–H and O–H groups in total. The molecule has 0 aliphatic rings. The maximum Gasteiger partial charge on any atom is 0.406 e. The van der Waals surface area contributed by atoms with Gasteiger partial charge in [-0.15, -0.1) is 11.3 Å². The van der Waals surface area contributed by atoms with Gasteiger partial charge in [-0.3, -0.25) is 23.7 Å². The Labute approximate surface area is 251 Å². The molecular weight excluding hydrogens is 613 g/mol. The van der Waals surface area contributed by atoms with Crippen LogP contribution in [-0.2, 0) is 29.2 Å². The number of anilines is 1. The quantitative estimate of drug-likeness (QED) is 0.184. The summed E-state index contributed by atoms with van der Waals surface area (Å²) in [4.78, 5) is 45.6. The monoisotopic (exact) mass is 641 g/mol. The van der Waals surface area contributed by atoms with Crippen molar-refractivity contribution in [2.75, 3.05) is 39.7 Å². The zero-order valence-corrected chi connectivity index (χ0v) is 24.6. The van der Waals surface area contributed by atoms with E-state index in [0.29, 0.717) is 34.8 Å². The number of fused-ring (bicyclic) bond motifs is 1. The number of benzene rings is 2. The number of amides is 2. The van der Waals surface area contributed by atoms with Crippen LogP contribution in [0.15, 0.2) is 52.1 Å². The fourth-order valence-corrected chi connectivity index (χ4v) is 5.85. The van der Waals surface area contributed by atoms with Crippen molar-refractivity contribution < 1.29 is 36.3 Å². The van der Waals surface area contributed by atoms with Gasteiger partial charge in [0.25, 0.3) is 5.56 Å². The molecule has 0 saturated carbocycles. The number of halogens is 5. The zero-order valence-electron chi connectivity index (χ0n) is 23.8. The van der Waals surface area contributed by atoms with Crippen LogP contribution in [0.2, 0.25) is 0 Å². The standard InChI is InChI=1S/C28H28F5N5O5S/c1-36(11-12-42-2)13-19-22-24(39)38(15-28(31,32)33)27(41)37(14-18-20(29)5-4-6-21(18)30)25(22)44-23(19)16-7-9-17(10-8-16)34-26(40)35-43-3/h4-10H,11-15H2,1-3H3,(H2,34,35,40). The number of methoxy groups -OCH3 is 1. The summed E-state index contributed by atoms with van der Waals surface area (Å²) in [5.74, 6) is -2.01. The van der Waals surface area contributed by atoms with Crippen LogP contribution in [0.4, 0.5) is 32.4 Å². The van der Waals surface area contributed by atoms with Crippen LogP contribution in [0.3, 0.4) is 0 Å². The lowest BCUT2D eigenvalue weighted by molar-refractivity contribution is -0.141. The number of nitrogens with zero attached hydrogens (tertiary/aromatic N) is 3. The van der Waals surface area contributed by atoms with Crippen LogP contribution in [0.1, 0.15) is 11.1 Å². The fourth-order valence-electron chi connectivity index (χ4n) is 4.55. The number of hydrogen-bond acceptors (Lipinski definition) is 7. The first-order valence-corrected chi connectivity index (χ1v) is 13.8. The number of aromatic nitrogens is 2. The molecule has 236 valence electrons. The molecule has 2 heterocycles. The largest absolute Gasteiger partial charge is 0.406 e. The van der Waals surface area contributed by atoms with E-state index in [9.17, 15) is 36.3 Å². The number of ether oxygens (including phenoxy) is 1. The number of alkyl halides is 3. The Hall–Kier alpha value is -4.12. The molecular formula is C28H28F5N5O5S. The van der Waals surface area contributed by atoms with Gasteiger partial charge in [0.05, 0.1) is 25.6 Å². The van der Waals surface area contributed by atoms with Crippen LogP contribution >= 0.6 is 11.3 Å². The van der Waals surface area contributed by atoms with E-state index in [4.69, 9.17) is 4.74 Å². The number of rotatable bonds is 11. The van der Waals surface area contributed by atoms with Gasteiger partial charge in [-0.25, -0.2) is 23.9 Å². The number of carbonyl (C=O) groups excluding carboxylic acids is 1. The van der Waals surface area contributed by atoms with E-state index in [-0.39, 0.29) is 21.3 Å². The summed E-state index contributed by atoms with van der Waals surface area (Å²) in [6.07, 6.45) is -4.94. The first-order valence-electron chi connectivity index (χ1n) is 13.0. The number of hydroxylamine groups is 1. The number of carbonyl (C=O) groups is 1. The van der Waals surface area contributed by atoms with Gasteiger partial charge in [0, 0.05) is 36.3 Å². The van der Waals surface area contributed by atoms with Gasteiger partial charge < -0.3 is 10.1 Å². The van der Waals surface area contributed by atoms with Gasteiger partial charge in [0.1, 0.15) is 23.0 Å². The summed E-state index contributed by atoms with van der Waals surface area (Å²) in [6, 6.07) is 8.73. The summed E-state index contributed by atoms with van der Waals surface area (Å²) in [5.41, 5.74) is 0.212. The smallest absolute Gasteiger partial charge is 0.383 e. The minimum absolute atomic E-state index is 0.0394. The molecule has 16 heteroatoms. The summed E-state index contributed by atoms with van der Waals surface area (Å²) < 4.78 is 76.1. The van der Waals surface area contributed by atoms with Crippen LogP contribution in [0, 0.1) is 11.6 Å². The van der Waals surface area contributed by atoms with Gasteiger partial charge in [-0.2, -0.15) is 13.2 Å². The van der Waals surface area contributed by atoms with Crippen LogP contribution in [0.5, 0.6) is 0 Å². The van der Waals surface area contributed by atoms with Crippen LogP contribution in [-0.4, -0.2) is 60.7 Å². The Bertz CT molecular complexity index is 1750. The van der Waals surface area contributed by atoms with Crippen molar-refractivity contribution in [3.05, 3.63) is 86.1 Å². The fraction of sp³-hybridized carbons (Fsp3) is 0.321. The molecule has 44 heavy (non-hydrogen) atoms. The second kappa shape index (κ2) is 13.7. The molecule has 0 aliphatic carbocycles. The molecule has 10 nitrogen and oxygen atoms in total. The highest BCUT2D eigenvalue weighted by Gasteiger charge is 2.32. The molecule has 0 aliphatic heterocycles. The van der Waals surface area contributed by atoms with Crippen molar-refractivity contribution in [3.8, 4) is 10.4 Å². The molecule has 0 bridgehead atoms. The molecule has 2 amide bonds. The van der Waals surface area contributed by atoms with E-state index >= 15 is 0 Å². The second-order valence-corrected chi connectivity index (χ2v) is 10.7. The van der Waals surface area contributed by atoms with Gasteiger partial charge in [-0.05, 0) is 42.4 Å². The molecule has 2 aromatic carbocycles. The van der Waals surface area contributed by atoms with E-state index in [0.717, 1.165) is 34.1 Å². The van der Waals surface area contributed by atoms with Crippen LogP contribution in [0.25, 0.3) is 20.7 Å². The Morgan fingerprint density at radius 3 is 2.25 bits per heavy atom. The molecule has 2 aromatic heterocycles. The third-order valence-electron chi connectivity index (χ3n) is 6.57. The van der Waals surface area contributed by atoms with Gasteiger partial charge in [0.15, 0.2) is 0 Å². The van der Waals surface area contributed by atoms with E-state index < -0.39 is 53.7 Å². The summed E-state index contributed by atoms with van der Waals surface area (Å²) in [5, 5.41) is 2.36. The third-order valence-corrected chi connectivity index (χ3v) is 7.88. The number of hydrogen-bond donors (Lipinski definition) is 2. The van der Waals surface area contributed by atoms with E-state index in [1.54, 1.807) is 36.2 Å². The molecule has 0 fully saturated rings. The SMILES string of the molecule is COCCN(C)Cc1c(-c2ccc(NC(=O)NOC)cc2)sc2c1c(=O)n(CC(F)(F)F)c(=O)n2Cc1c(F)cccc1F. The maximum absolute atomic E-state index is 14.7. The Kier molecular flexibility index (Phi) is 10.2. The highest BCUT2D eigenvalue weighted by Crippen LogP contribution is 2.38. The third kappa shape index (κ3) is 7.32. The predicted molar refractivity (Wildman–Crippen MR) is 155 cm³/mol. The predicted octanol–water partition coefficient (Wildman–Crippen LogP) is 4.54. The molecule has 0 atom stereocenters. The average Bonchev–Trinajstić information content (AvgIpc) is 3.32. The van der Waals surface area contributed by atoms with Crippen molar-refractivity contribution in [1.29, 1.82) is 0 Å². The van der Waals surface area contributed by atoms with Crippen molar-refractivity contribution in [2.24, 2.45) is 0 Å². The lowest BCUT2D eigenvalue weighted by Gasteiger charge is -2.18. The van der Waals surface area contributed by atoms with Crippen LogP contribution < -0.4 is 22.0 Å². The van der Waals surface area contributed by atoms with Crippen molar-refractivity contribution >= 4 is 33.3 Å². The lowest BCUT2D eigenvalue weighted by atomic mass is 10.1. The van der Waals surface area contributed by atoms with E-state index in [1.807, 2.05) is 0 Å². The molecule has 4 rings (SSSR count). The number of thiophene rings is 1. The lowest BCUT2D eigenvalue weighted by Crippen LogP contribution is -2.43. The van der Waals surface area contributed by atoms with E-state index in [2.05, 4.69) is 15.6 Å². The molecule has 0 radical (unpaired) electrons. The Morgan fingerprint density at radius 1 is 1.00 bits per heavy atom. The highest BCUT2D eigenvalue weighted by atomic mass is 32.1. The molecule has 0 unspecified atom stereocenters. The molecule has 0 saturated heterocycles. The molecule has 4 aromatic rings. The Morgan fingerprint density at radius 2 is 1.66 bits per heavy atom. The highest BCUT2D eigenvalue weighted by molar-refractivity contribution is 7.22. The maximum atomic E-state index is 14.7. The van der Waals surface area contributed by atoms with Crippen molar-refractivity contribution in [3.63, 3.8) is 0 Å². The first-order chi connectivity index (χ1) is 20.8. The zero-order chi connectivity index (χ0) is 32.2. The summed E-state index contributed by atoms with van der Waals surface area (Å²) >= 11 is 0.929. The summed E-state index contributed by atoms with van der Waals surface area (Å²) in [6.45, 7) is -1.89. The summed E-state index contributed by atoms with van der Waals surface area (Å²) in [7, 11) is 4.48. The van der Waals surface area contributed by atoms with Crippen molar-refractivity contribution in [2.45, 2.75) is 25.8 Å². The Balaban J connectivity index is 1.99. The molecule has 0 spiro atoms. The first kappa shape index (κ1) is 32.8. The van der Waals surface area contributed by atoms with Crippen molar-refractivity contribution in [1.82, 2.24) is 19.5 Å². The number of urea groups is 1. The average molecular weight is 642 g/mol.